The zero-order chi connectivity index (χ0) is 19.4. The molecule has 0 aromatic carbocycles. The van der Waals surface area contributed by atoms with Crippen LogP contribution in [0.2, 0.25) is 0 Å². The largest absolute Gasteiger partial charge is 0.464 e. The maximum Gasteiger partial charge on any atom is 0.332 e. The number of hydrogen-bond acceptors (Lipinski definition) is 6. The van der Waals surface area contributed by atoms with E-state index in [9.17, 15) is 9.59 Å². The first-order valence-corrected chi connectivity index (χ1v) is 8.50. The molecule has 1 N–H and O–H groups in total. The second-order valence-electron chi connectivity index (χ2n) is 5.91. The Bertz CT molecular complexity index is 1000. The van der Waals surface area contributed by atoms with Crippen LogP contribution < -0.4 is 5.32 Å². The molecule has 27 heavy (non-hydrogen) atoms. The predicted octanol–water partition coefficient (Wildman–Crippen LogP) is 2.58. The van der Waals surface area contributed by atoms with Crippen molar-refractivity contribution in [2.45, 2.75) is 27.3 Å². The first kappa shape index (κ1) is 18.4. The molecular weight excluding hydrogens is 348 g/mol. The number of nitrogens with zero attached hydrogens (tertiary/aromatic N) is 3. The molecule has 140 valence electrons. The Kier molecular flexibility index (Phi) is 5.35. The summed E-state index contributed by atoms with van der Waals surface area (Å²) in [6.07, 6.45) is 4.50. The number of hydrogen-bond donors (Lipinski definition) is 1. The molecule has 3 aromatic rings. The molecular formula is C19H20N4O4. The van der Waals surface area contributed by atoms with Crippen molar-refractivity contribution in [2.24, 2.45) is 0 Å². The first-order chi connectivity index (χ1) is 13.0. The third-order valence-electron chi connectivity index (χ3n) is 3.85. The Morgan fingerprint density at radius 3 is 2.89 bits per heavy atom. The monoisotopic (exact) mass is 368 g/mol. The zero-order valence-corrected chi connectivity index (χ0v) is 15.4. The summed E-state index contributed by atoms with van der Waals surface area (Å²) < 4.78 is 11.8. The highest BCUT2D eigenvalue weighted by atomic mass is 16.5. The van der Waals surface area contributed by atoms with Crippen LogP contribution in [0, 0.1) is 6.92 Å². The molecule has 0 saturated heterocycles. The number of amides is 1. The van der Waals surface area contributed by atoms with Gasteiger partial charge in [0.1, 0.15) is 12.3 Å². The van der Waals surface area contributed by atoms with Gasteiger partial charge in [0.2, 0.25) is 5.91 Å². The quantitative estimate of drug-likeness (QED) is 0.530. The number of allylic oxidation sites excluding steroid dienone is 1. The fraction of sp³-hybridized carbons (Fsp3) is 0.263. The van der Waals surface area contributed by atoms with E-state index in [-0.39, 0.29) is 19.1 Å². The van der Waals surface area contributed by atoms with Gasteiger partial charge in [-0.3, -0.25) is 4.79 Å². The SMILES string of the molecule is CCOC(=O)/C=C(\C)NC(=O)Cn1nc(C)c2c(-c3ccco3)ccnc21. The summed E-state index contributed by atoms with van der Waals surface area (Å²) >= 11 is 0. The minimum atomic E-state index is -0.500. The van der Waals surface area contributed by atoms with Crippen LogP contribution in [0.3, 0.4) is 0 Å². The molecule has 0 spiro atoms. The van der Waals surface area contributed by atoms with E-state index in [0.29, 0.717) is 17.1 Å². The smallest absolute Gasteiger partial charge is 0.332 e. The van der Waals surface area contributed by atoms with Crippen molar-refractivity contribution in [3.05, 3.63) is 48.1 Å². The van der Waals surface area contributed by atoms with Gasteiger partial charge >= 0.3 is 5.97 Å². The Labute approximate surface area is 155 Å². The third-order valence-corrected chi connectivity index (χ3v) is 3.85. The van der Waals surface area contributed by atoms with Crippen molar-refractivity contribution in [1.29, 1.82) is 0 Å². The van der Waals surface area contributed by atoms with Crippen LogP contribution in [0.5, 0.6) is 0 Å². The lowest BCUT2D eigenvalue weighted by molar-refractivity contribution is -0.137. The summed E-state index contributed by atoms with van der Waals surface area (Å²) in [4.78, 5) is 28.1. The van der Waals surface area contributed by atoms with Crippen molar-refractivity contribution < 1.29 is 18.7 Å². The van der Waals surface area contributed by atoms with Gasteiger partial charge in [0, 0.05) is 23.5 Å². The fourth-order valence-corrected chi connectivity index (χ4v) is 2.82. The molecule has 3 aromatic heterocycles. The number of nitrogens with one attached hydrogen (secondary N) is 1. The van der Waals surface area contributed by atoms with E-state index in [1.54, 1.807) is 26.3 Å². The van der Waals surface area contributed by atoms with E-state index < -0.39 is 5.97 Å². The van der Waals surface area contributed by atoms with Gasteiger partial charge in [0.25, 0.3) is 0 Å². The maximum absolute atomic E-state index is 12.3. The minimum absolute atomic E-state index is 0.0348. The molecule has 0 unspecified atom stereocenters. The summed E-state index contributed by atoms with van der Waals surface area (Å²) in [6.45, 7) is 5.44. The second-order valence-corrected chi connectivity index (χ2v) is 5.91. The molecule has 8 nitrogen and oxygen atoms in total. The van der Waals surface area contributed by atoms with E-state index in [1.807, 2.05) is 25.1 Å². The summed E-state index contributed by atoms with van der Waals surface area (Å²) in [7, 11) is 0. The highest BCUT2D eigenvalue weighted by molar-refractivity contribution is 5.94. The van der Waals surface area contributed by atoms with Crippen molar-refractivity contribution in [2.75, 3.05) is 6.61 Å². The van der Waals surface area contributed by atoms with Crippen molar-refractivity contribution >= 4 is 22.9 Å². The Morgan fingerprint density at radius 1 is 1.37 bits per heavy atom. The number of rotatable bonds is 6. The van der Waals surface area contributed by atoms with Crippen LogP contribution in [0.1, 0.15) is 19.5 Å². The lowest BCUT2D eigenvalue weighted by Gasteiger charge is -2.06. The molecule has 3 rings (SSSR count). The molecule has 0 aliphatic carbocycles. The van der Waals surface area contributed by atoms with E-state index in [0.717, 1.165) is 16.6 Å². The highest BCUT2D eigenvalue weighted by Crippen LogP contribution is 2.29. The summed E-state index contributed by atoms with van der Waals surface area (Å²) in [5, 5.41) is 7.92. The number of aromatic nitrogens is 3. The van der Waals surface area contributed by atoms with Crippen molar-refractivity contribution in [1.82, 2.24) is 20.1 Å². The van der Waals surface area contributed by atoms with Gasteiger partial charge < -0.3 is 14.5 Å². The van der Waals surface area contributed by atoms with Crippen LogP contribution in [0.4, 0.5) is 0 Å². The lowest BCUT2D eigenvalue weighted by atomic mass is 10.1. The normalized spacial score (nSPS) is 11.6. The van der Waals surface area contributed by atoms with Gasteiger partial charge in [0.15, 0.2) is 5.65 Å². The predicted molar refractivity (Wildman–Crippen MR) is 98.5 cm³/mol. The van der Waals surface area contributed by atoms with E-state index in [4.69, 9.17) is 9.15 Å². The molecule has 0 aliphatic rings. The number of carbonyl (C=O) groups is 2. The van der Waals surface area contributed by atoms with Gasteiger partial charge in [-0.05, 0) is 39.0 Å². The molecule has 0 radical (unpaired) electrons. The Balaban J connectivity index is 1.83. The van der Waals surface area contributed by atoms with E-state index in [1.165, 1.54) is 10.8 Å². The maximum atomic E-state index is 12.3. The van der Waals surface area contributed by atoms with Gasteiger partial charge in [0.05, 0.1) is 24.0 Å². The van der Waals surface area contributed by atoms with Crippen LogP contribution in [0.15, 0.2) is 46.8 Å². The van der Waals surface area contributed by atoms with Gasteiger partial charge in [-0.15, -0.1) is 0 Å². The lowest BCUT2D eigenvalue weighted by Crippen LogP contribution is -2.27. The van der Waals surface area contributed by atoms with Crippen LogP contribution in [-0.4, -0.2) is 33.2 Å². The number of esters is 1. The summed E-state index contributed by atoms with van der Waals surface area (Å²) in [6, 6.07) is 5.53. The molecule has 3 heterocycles. The Hall–Kier alpha value is -3.42. The molecule has 0 aliphatic heterocycles. The van der Waals surface area contributed by atoms with Crippen molar-refractivity contribution in [3.63, 3.8) is 0 Å². The number of pyridine rings is 1. The fourth-order valence-electron chi connectivity index (χ4n) is 2.82. The van der Waals surface area contributed by atoms with E-state index >= 15 is 0 Å². The number of carbonyl (C=O) groups excluding carboxylic acids is 2. The highest BCUT2D eigenvalue weighted by Gasteiger charge is 2.17. The molecule has 0 bridgehead atoms. The average Bonchev–Trinajstić information content (AvgIpc) is 3.24. The van der Waals surface area contributed by atoms with Gasteiger partial charge in [-0.2, -0.15) is 5.10 Å². The molecule has 1 amide bonds. The summed E-state index contributed by atoms with van der Waals surface area (Å²) in [5.41, 5.74) is 2.60. The van der Waals surface area contributed by atoms with Crippen LogP contribution >= 0.6 is 0 Å². The topological polar surface area (TPSA) is 99.2 Å². The summed E-state index contributed by atoms with van der Waals surface area (Å²) in [5.74, 6) is -0.106. The number of furan rings is 1. The Morgan fingerprint density at radius 2 is 2.19 bits per heavy atom. The minimum Gasteiger partial charge on any atom is -0.464 e. The second kappa shape index (κ2) is 7.86. The number of aryl methyl sites for hydroxylation is 1. The van der Waals surface area contributed by atoms with Gasteiger partial charge in [-0.1, -0.05) is 0 Å². The zero-order valence-electron chi connectivity index (χ0n) is 15.4. The molecule has 0 atom stereocenters. The number of fused-ring (bicyclic) bond motifs is 1. The molecule has 8 heteroatoms. The van der Waals surface area contributed by atoms with Crippen molar-refractivity contribution in [3.8, 4) is 11.3 Å². The third kappa shape index (κ3) is 4.05. The van der Waals surface area contributed by atoms with Crippen LogP contribution in [0.25, 0.3) is 22.4 Å². The number of ether oxygens (including phenoxy) is 1. The van der Waals surface area contributed by atoms with Gasteiger partial charge in [-0.25, -0.2) is 14.5 Å². The first-order valence-electron chi connectivity index (χ1n) is 8.50. The van der Waals surface area contributed by atoms with E-state index in [2.05, 4.69) is 15.4 Å². The molecule has 0 saturated carbocycles. The standard InChI is InChI=1S/C19H20N4O4/c1-4-26-17(25)10-12(2)21-16(24)11-23-19-18(13(3)22-23)14(7-8-20-19)15-6-5-9-27-15/h5-10H,4,11H2,1-3H3,(H,21,24)/b12-10+. The average molecular weight is 368 g/mol. The molecule has 0 fully saturated rings. The van der Waals surface area contributed by atoms with Crippen LogP contribution in [-0.2, 0) is 20.9 Å².